The molecule has 3 aromatic rings. The van der Waals surface area contributed by atoms with E-state index in [0.29, 0.717) is 22.8 Å². The Morgan fingerprint density at radius 1 is 1.12 bits per heavy atom. The number of nitrogens with one attached hydrogen (secondary N) is 2. The Morgan fingerprint density at radius 3 is 2.62 bits per heavy atom. The second kappa shape index (κ2) is 8.41. The van der Waals surface area contributed by atoms with Crippen LogP contribution in [0.5, 0.6) is 5.75 Å². The lowest BCUT2D eigenvalue weighted by molar-refractivity contribution is 0.0921. The van der Waals surface area contributed by atoms with E-state index >= 15 is 0 Å². The first-order chi connectivity index (χ1) is 12.7. The molecule has 1 aromatic heterocycles. The lowest BCUT2D eigenvalue weighted by Gasteiger charge is -2.07. The second-order valence-corrected chi connectivity index (χ2v) is 6.27. The van der Waals surface area contributed by atoms with Crippen LogP contribution in [-0.4, -0.2) is 29.5 Å². The molecule has 0 saturated carbocycles. The number of fused-ring (bicyclic) bond motifs is 1. The van der Waals surface area contributed by atoms with E-state index in [4.69, 9.17) is 14.4 Å². The number of carbonyl (C=O) groups excluding carboxylic acids is 2. The van der Waals surface area contributed by atoms with Crippen LogP contribution < -0.4 is 15.5 Å². The number of carbonyl (C=O) groups is 2. The summed E-state index contributed by atoms with van der Waals surface area (Å²) in [5.41, 5.74) is 2.22. The van der Waals surface area contributed by atoms with Gasteiger partial charge in [0.1, 0.15) is 17.9 Å². The van der Waals surface area contributed by atoms with E-state index in [-0.39, 0.29) is 18.3 Å². The number of benzene rings is 2. The Kier molecular flexibility index (Phi) is 5.77. The Morgan fingerprint density at radius 2 is 1.88 bits per heavy atom. The van der Waals surface area contributed by atoms with Gasteiger partial charge < -0.3 is 14.5 Å². The van der Waals surface area contributed by atoms with Gasteiger partial charge >= 0.3 is 5.24 Å². The fourth-order valence-corrected chi connectivity index (χ4v) is 2.78. The highest BCUT2D eigenvalue weighted by Crippen LogP contribution is 2.22. The zero-order valence-electron chi connectivity index (χ0n) is 13.6. The summed E-state index contributed by atoms with van der Waals surface area (Å²) in [7, 11) is 0. The highest BCUT2D eigenvalue weighted by Gasteiger charge is 2.11. The number of hydrogen-bond donors (Lipinski definition) is 3. The van der Waals surface area contributed by atoms with Crippen LogP contribution in [0.2, 0.25) is 0 Å². The molecule has 0 aliphatic heterocycles. The number of hydroxylamine groups is 1. The molecule has 2 amide bonds. The summed E-state index contributed by atoms with van der Waals surface area (Å²) in [5, 5.41) is 11.5. The smallest absolute Gasteiger partial charge is 0.307 e. The average Bonchev–Trinajstić information content (AvgIpc) is 3.10. The van der Waals surface area contributed by atoms with Crippen molar-refractivity contribution < 1.29 is 24.0 Å². The van der Waals surface area contributed by atoms with Crippen LogP contribution >= 0.6 is 11.8 Å². The van der Waals surface area contributed by atoms with Crippen molar-refractivity contribution in [3.63, 3.8) is 0 Å². The van der Waals surface area contributed by atoms with Gasteiger partial charge in [-0.2, -0.15) is 0 Å². The van der Waals surface area contributed by atoms with Gasteiger partial charge in [-0.25, -0.2) is 5.48 Å². The molecule has 26 heavy (non-hydrogen) atoms. The molecule has 134 valence electrons. The first-order valence-electron chi connectivity index (χ1n) is 7.77. The van der Waals surface area contributed by atoms with E-state index in [2.05, 4.69) is 5.32 Å². The van der Waals surface area contributed by atoms with E-state index in [9.17, 15) is 9.59 Å². The molecule has 0 atom stereocenters. The molecule has 0 bridgehead atoms. The van der Waals surface area contributed by atoms with Crippen LogP contribution in [0.4, 0.5) is 4.79 Å². The van der Waals surface area contributed by atoms with Crippen molar-refractivity contribution in [1.29, 1.82) is 0 Å². The van der Waals surface area contributed by atoms with Crippen molar-refractivity contribution >= 4 is 33.9 Å². The van der Waals surface area contributed by atoms with Crippen molar-refractivity contribution in [3.8, 4) is 5.75 Å². The molecule has 0 aliphatic carbocycles. The molecule has 0 spiro atoms. The molecule has 3 N–H and O–H groups in total. The number of rotatable bonds is 6. The monoisotopic (exact) mass is 372 g/mol. The predicted octanol–water partition coefficient (Wildman–Crippen LogP) is 3.43. The Bertz CT molecular complexity index is 874. The minimum absolute atomic E-state index is 0.259. The summed E-state index contributed by atoms with van der Waals surface area (Å²) >= 11 is 0.861. The van der Waals surface area contributed by atoms with Gasteiger partial charge in [-0.15, -0.1) is 0 Å². The normalized spacial score (nSPS) is 10.5. The summed E-state index contributed by atoms with van der Waals surface area (Å²) < 4.78 is 11.0. The fraction of sp³-hybridized carbons (Fsp3) is 0.111. The van der Waals surface area contributed by atoms with Crippen molar-refractivity contribution in [1.82, 2.24) is 10.8 Å². The topological polar surface area (TPSA) is 101 Å². The van der Waals surface area contributed by atoms with Crippen LogP contribution in [-0.2, 0) is 0 Å². The van der Waals surface area contributed by atoms with Crippen molar-refractivity contribution in [2.45, 2.75) is 4.90 Å². The number of furan rings is 1. The minimum Gasteiger partial charge on any atom is -0.492 e. The zero-order valence-corrected chi connectivity index (χ0v) is 14.4. The van der Waals surface area contributed by atoms with Gasteiger partial charge in [0.15, 0.2) is 5.76 Å². The summed E-state index contributed by atoms with van der Waals surface area (Å²) in [6, 6.07) is 15.9. The van der Waals surface area contributed by atoms with Gasteiger partial charge in [0.05, 0.1) is 6.54 Å². The standard InChI is InChI=1S/C18H16N2O5S/c21-17(16-11-12-3-1-2-4-15(12)25-16)19-9-10-24-13-5-7-14(8-6-13)26-18(22)20-23/h1-8,11,23H,9-10H2,(H,19,21)(H,20,22). The number of para-hydroxylation sites is 1. The third kappa shape index (κ3) is 4.56. The van der Waals surface area contributed by atoms with Crippen molar-refractivity contribution in [2.75, 3.05) is 13.2 Å². The van der Waals surface area contributed by atoms with E-state index in [1.165, 1.54) is 0 Å². The molecular formula is C18H16N2O5S. The van der Waals surface area contributed by atoms with E-state index in [1.54, 1.807) is 41.9 Å². The molecule has 0 fully saturated rings. The Labute approximate surface area is 153 Å². The summed E-state index contributed by atoms with van der Waals surface area (Å²) in [5.74, 6) is 0.568. The summed E-state index contributed by atoms with van der Waals surface area (Å²) in [4.78, 5) is 23.8. The lowest BCUT2D eigenvalue weighted by atomic mass is 10.2. The maximum Gasteiger partial charge on any atom is 0.307 e. The maximum atomic E-state index is 12.1. The van der Waals surface area contributed by atoms with Crippen molar-refractivity contribution in [3.05, 3.63) is 60.4 Å². The minimum atomic E-state index is -0.563. The molecule has 1 heterocycles. The first-order valence-corrected chi connectivity index (χ1v) is 8.59. The van der Waals surface area contributed by atoms with Gasteiger partial charge in [-0.05, 0) is 48.2 Å². The van der Waals surface area contributed by atoms with Crippen molar-refractivity contribution in [2.24, 2.45) is 0 Å². The van der Waals surface area contributed by atoms with E-state index in [1.807, 2.05) is 18.2 Å². The van der Waals surface area contributed by atoms with Gasteiger partial charge in [-0.1, -0.05) is 18.2 Å². The van der Waals surface area contributed by atoms with Gasteiger partial charge in [0.25, 0.3) is 5.91 Å². The van der Waals surface area contributed by atoms with Gasteiger partial charge in [0.2, 0.25) is 0 Å². The largest absolute Gasteiger partial charge is 0.492 e. The first kappa shape index (κ1) is 17.8. The SMILES string of the molecule is O=C(NO)Sc1ccc(OCCNC(=O)c2cc3ccccc3o2)cc1. The average molecular weight is 372 g/mol. The van der Waals surface area contributed by atoms with Crippen LogP contribution in [0.3, 0.4) is 0 Å². The van der Waals surface area contributed by atoms with Gasteiger partial charge in [0, 0.05) is 10.3 Å². The van der Waals surface area contributed by atoms with Crippen LogP contribution in [0.25, 0.3) is 11.0 Å². The quantitative estimate of drug-likeness (QED) is 0.265. The molecule has 2 aromatic carbocycles. The number of thioether (sulfide) groups is 1. The van der Waals surface area contributed by atoms with E-state index < -0.39 is 5.24 Å². The molecule has 3 rings (SSSR count). The molecule has 8 heteroatoms. The molecule has 7 nitrogen and oxygen atoms in total. The highest BCUT2D eigenvalue weighted by molar-refractivity contribution is 8.13. The fourth-order valence-electron chi connectivity index (χ4n) is 2.25. The zero-order chi connectivity index (χ0) is 18.4. The molecule has 0 aliphatic rings. The third-order valence-electron chi connectivity index (χ3n) is 3.43. The van der Waals surface area contributed by atoms with Crippen LogP contribution in [0, 0.1) is 0 Å². The second-order valence-electron chi connectivity index (χ2n) is 5.23. The summed E-state index contributed by atoms with van der Waals surface area (Å²) in [6.45, 7) is 0.606. The number of hydrogen-bond acceptors (Lipinski definition) is 6. The molecular weight excluding hydrogens is 356 g/mol. The van der Waals surface area contributed by atoms with Crippen LogP contribution in [0.1, 0.15) is 10.6 Å². The van der Waals surface area contributed by atoms with Crippen LogP contribution in [0.15, 0.2) is 63.9 Å². The van der Waals surface area contributed by atoms with E-state index in [0.717, 1.165) is 17.1 Å². The molecule has 0 unspecified atom stereocenters. The van der Waals surface area contributed by atoms with Gasteiger partial charge in [-0.3, -0.25) is 14.8 Å². The Balaban J connectivity index is 1.44. The number of amides is 2. The Hall–Kier alpha value is -2.97. The molecule has 0 radical (unpaired) electrons. The predicted molar refractivity (Wildman–Crippen MR) is 96.7 cm³/mol. The highest BCUT2D eigenvalue weighted by atomic mass is 32.2. The third-order valence-corrected chi connectivity index (χ3v) is 4.22. The maximum absolute atomic E-state index is 12.1. The lowest BCUT2D eigenvalue weighted by Crippen LogP contribution is -2.27. The summed E-state index contributed by atoms with van der Waals surface area (Å²) in [6.07, 6.45) is 0. The number of ether oxygens (including phenoxy) is 1. The molecule has 0 saturated heterocycles.